The fourth-order valence-electron chi connectivity index (χ4n) is 2.85. The highest BCUT2D eigenvalue weighted by Crippen LogP contribution is 2.32. The van der Waals surface area contributed by atoms with Gasteiger partial charge in [0.2, 0.25) is 0 Å². The van der Waals surface area contributed by atoms with Crippen molar-refractivity contribution >= 4 is 23.0 Å². The molecule has 2 aromatic rings. The molecular formula is C20H24N2O2S. The van der Waals surface area contributed by atoms with Gasteiger partial charge < -0.3 is 20.1 Å². The molecule has 5 heteroatoms. The van der Waals surface area contributed by atoms with Crippen molar-refractivity contribution in [2.75, 3.05) is 18.5 Å². The summed E-state index contributed by atoms with van der Waals surface area (Å²) in [7, 11) is 0. The minimum atomic E-state index is 0.177. The maximum atomic E-state index is 5.61. The van der Waals surface area contributed by atoms with Gasteiger partial charge in [0, 0.05) is 11.8 Å². The van der Waals surface area contributed by atoms with Crippen molar-refractivity contribution in [3.8, 4) is 11.5 Å². The zero-order valence-corrected chi connectivity index (χ0v) is 15.7. The van der Waals surface area contributed by atoms with E-state index in [1.54, 1.807) is 0 Å². The number of hydrogen-bond acceptors (Lipinski definition) is 3. The van der Waals surface area contributed by atoms with E-state index in [4.69, 9.17) is 21.7 Å². The van der Waals surface area contributed by atoms with Gasteiger partial charge in [-0.25, -0.2) is 0 Å². The van der Waals surface area contributed by atoms with Crippen LogP contribution < -0.4 is 20.1 Å². The molecule has 0 saturated heterocycles. The molecule has 1 aliphatic rings. The number of ether oxygens (including phenoxy) is 2. The van der Waals surface area contributed by atoms with Gasteiger partial charge in [0.05, 0.1) is 6.04 Å². The largest absolute Gasteiger partial charge is 0.486 e. The predicted molar refractivity (Wildman–Crippen MR) is 106 cm³/mol. The number of rotatable bonds is 4. The van der Waals surface area contributed by atoms with Gasteiger partial charge in [0.25, 0.3) is 0 Å². The van der Waals surface area contributed by atoms with Crippen LogP contribution in [0.2, 0.25) is 0 Å². The monoisotopic (exact) mass is 356 g/mol. The van der Waals surface area contributed by atoms with Crippen LogP contribution >= 0.6 is 12.2 Å². The van der Waals surface area contributed by atoms with Gasteiger partial charge in [-0.15, -0.1) is 0 Å². The molecule has 0 unspecified atom stereocenters. The van der Waals surface area contributed by atoms with Crippen molar-refractivity contribution in [1.29, 1.82) is 0 Å². The van der Waals surface area contributed by atoms with Gasteiger partial charge in [-0.2, -0.15) is 0 Å². The Morgan fingerprint density at radius 3 is 2.52 bits per heavy atom. The second-order valence-electron chi connectivity index (χ2n) is 6.26. The van der Waals surface area contributed by atoms with Crippen LogP contribution in [0, 0.1) is 13.8 Å². The summed E-state index contributed by atoms with van der Waals surface area (Å²) in [5.74, 6) is 1.53. The van der Waals surface area contributed by atoms with Crippen molar-refractivity contribution in [1.82, 2.24) is 5.32 Å². The SMILES string of the molecule is CC[C@@H](NC(=S)Nc1ccc2c(c1)OCCO2)c1ccc(C)c(C)c1. The highest BCUT2D eigenvalue weighted by molar-refractivity contribution is 7.80. The van der Waals surface area contributed by atoms with Gasteiger partial charge in [-0.1, -0.05) is 25.1 Å². The van der Waals surface area contributed by atoms with Crippen molar-refractivity contribution in [2.45, 2.75) is 33.2 Å². The molecular weight excluding hydrogens is 332 g/mol. The van der Waals surface area contributed by atoms with Crippen molar-refractivity contribution < 1.29 is 9.47 Å². The summed E-state index contributed by atoms with van der Waals surface area (Å²) in [6.07, 6.45) is 0.950. The van der Waals surface area contributed by atoms with Crippen LogP contribution in [0.25, 0.3) is 0 Å². The van der Waals surface area contributed by atoms with Crippen LogP contribution in [0.1, 0.15) is 36.1 Å². The van der Waals surface area contributed by atoms with Crippen LogP contribution in [0.15, 0.2) is 36.4 Å². The Morgan fingerprint density at radius 2 is 1.80 bits per heavy atom. The van der Waals surface area contributed by atoms with Crippen molar-refractivity contribution in [3.63, 3.8) is 0 Å². The topological polar surface area (TPSA) is 42.5 Å². The lowest BCUT2D eigenvalue weighted by Crippen LogP contribution is -2.32. The molecule has 0 radical (unpaired) electrons. The Balaban J connectivity index is 1.67. The van der Waals surface area contributed by atoms with E-state index < -0.39 is 0 Å². The maximum Gasteiger partial charge on any atom is 0.171 e. The molecule has 0 aromatic heterocycles. The Kier molecular flexibility index (Phi) is 5.43. The summed E-state index contributed by atoms with van der Waals surface area (Å²) in [5.41, 5.74) is 4.73. The van der Waals surface area contributed by atoms with Crippen LogP contribution in [-0.4, -0.2) is 18.3 Å². The Labute approximate surface area is 154 Å². The summed E-state index contributed by atoms with van der Waals surface area (Å²) >= 11 is 5.50. The average molecular weight is 356 g/mol. The summed E-state index contributed by atoms with van der Waals surface area (Å²) in [6.45, 7) is 7.58. The molecule has 0 fully saturated rings. The highest BCUT2D eigenvalue weighted by atomic mass is 32.1. The highest BCUT2D eigenvalue weighted by Gasteiger charge is 2.14. The van der Waals surface area contributed by atoms with Crippen LogP contribution in [0.5, 0.6) is 11.5 Å². The smallest absolute Gasteiger partial charge is 0.171 e. The van der Waals surface area contributed by atoms with Gasteiger partial charge in [-0.3, -0.25) is 0 Å². The first-order chi connectivity index (χ1) is 12.1. The first kappa shape index (κ1) is 17.5. The van der Waals surface area contributed by atoms with Gasteiger partial charge in [-0.05, 0) is 61.3 Å². The Hall–Kier alpha value is -2.27. The number of fused-ring (bicyclic) bond motifs is 1. The van der Waals surface area contributed by atoms with Crippen LogP contribution in [0.3, 0.4) is 0 Å². The predicted octanol–water partition coefficient (Wildman–Crippen LogP) is 4.51. The number of thiocarbonyl (C=S) groups is 1. The molecule has 4 nitrogen and oxygen atoms in total. The zero-order valence-electron chi connectivity index (χ0n) is 14.9. The minimum absolute atomic E-state index is 0.177. The molecule has 3 rings (SSSR count). The van der Waals surface area contributed by atoms with Gasteiger partial charge in [0.1, 0.15) is 13.2 Å². The van der Waals surface area contributed by atoms with E-state index in [-0.39, 0.29) is 6.04 Å². The maximum absolute atomic E-state index is 5.61. The van der Waals surface area contributed by atoms with Gasteiger partial charge in [0.15, 0.2) is 16.6 Å². The van der Waals surface area contributed by atoms with E-state index in [2.05, 4.69) is 49.6 Å². The van der Waals surface area contributed by atoms with Crippen LogP contribution in [-0.2, 0) is 0 Å². The molecule has 2 N–H and O–H groups in total. The molecule has 0 spiro atoms. The van der Waals surface area contributed by atoms with E-state index in [1.807, 2.05) is 18.2 Å². The number of aryl methyl sites for hydroxylation is 2. The molecule has 1 atom stereocenters. The van der Waals surface area contributed by atoms with E-state index in [0.29, 0.717) is 18.3 Å². The lowest BCUT2D eigenvalue weighted by Gasteiger charge is -2.22. The van der Waals surface area contributed by atoms with Crippen LogP contribution in [0.4, 0.5) is 5.69 Å². The molecule has 1 aliphatic heterocycles. The van der Waals surface area contributed by atoms with E-state index in [0.717, 1.165) is 23.6 Å². The Bertz CT molecular complexity index is 776. The van der Waals surface area contributed by atoms with Gasteiger partial charge >= 0.3 is 0 Å². The Morgan fingerprint density at radius 1 is 1.04 bits per heavy atom. The molecule has 0 bridgehead atoms. The number of anilines is 1. The minimum Gasteiger partial charge on any atom is -0.486 e. The molecule has 132 valence electrons. The lowest BCUT2D eigenvalue weighted by atomic mass is 9.99. The first-order valence-corrected chi connectivity index (χ1v) is 9.02. The molecule has 25 heavy (non-hydrogen) atoms. The fourth-order valence-corrected chi connectivity index (χ4v) is 3.11. The second kappa shape index (κ2) is 7.74. The van der Waals surface area contributed by atoms with Crippen molar-refractivity contribution in [3.05, 3.63) is 53.1 Å². The molecule has 0 saturated carbocycles. The fraction of sp³-hybridized carbons (Fsp3) is 0.350. The second-order valence-corrected chi connectivity index (χ2v) is 6.67. The molecule has 0 aliphatic carbocycles. The number of hydrogen-bond donors (Lipinski definition) is 2. The summed E-state index contributed by atoms with van der Waals surface area (Å²) in [4.78, 5) is 0. The number of nitrogens with one attached hydrogen (secondary N) is 2. The zero-order chi connectivity index (χ0) is 17.8. The molecule has 2 aromatic carbocycles. The van der Waals surface area contributed by atoms with Crippen molar-refractivity contribution in [2.24, 2.45) is 0 Å². The summed E-state index contributed by atoms with van der Waals surface area (Å²) < 4.78 is 11.2. The average Bonchev–Trinajstić information content (AvgIpc) is 2.62. The van der Waals surface area contributed by atoms with E-state index >= 15 is 0 Å². The van der Waals surface area contributed by atoms with E-state index in [1.165, 1.54) is 16.7 Å². The standard InChI is InChI=1S/C20H24N2O2S/c1-4-17(15-6-5-13(2)14(3)11-15)22-20(25)21-16-7-8-18-19(12-16)24-10-9-23-18/h5-8,11-12,17H,4,9-10H2,1-3H3,(H2,21,22,25)/t17-/m1/s1. The van der Waals surface area contributed by atoms with E-state index in [9.17, 15) is 0 Å². The molecule has 0 amide bonds. The normalized spacial score (nSPS) is 13.9. The third-order valence-electron chi connectivity index (χ3n) is 4.45. The summed E-state index contributed by atoms with van der Waals surface area (Å²) in [5, 5.41) is 7.24. The summed E-state index contributed by atoms with van der Waals surface area (Å²) in [6, 6.07) is 12.5. The number of benzene rings is 2. The quantitative estimate of drug-likeness (QED) is 0.789. The first-order valence-electron chi connectivity index (χ1n) is 8.61. The lowest BCUT2D eigenvalue weighted by molar-refractivity contribution is 0.171. The third-order valence-corrected chi connectivity index (χ3v) is 4.67. The molecule has 1 heterocycles. The third kappa shape index (κ3) is 4.23.